The lowest BCUT2D eigenvalue weighted by atomic mass is 9.97. The summed E-state index contributed by atoms with van der Waals surface area (Å²) in [6, 6.07) is 14.4. The molecule has 0 fully saturated rings. The minimum atomic E-state index is 0.216. The van der Waals surface area contributed by atoms with E-state index in [1.807, 2.05) is 18.2 Å². The average Bonchev–Trinajstić information content (AvgIpc) is 2.48. The average molecular weight is 299 g/mol. The number of benzene rings is 1. The van der Waals surface area contributed by atoms with E-state index in [2.05, 4.69) is 53.7 Å². The van der Waals surface area contributed by atoms with Gasteiger partial charge in [0.15, 0.2) is 5.11 Å². The highest BCUT2D eigenvalue weighted by atomic mass is 32.1. The monoisotopic (exact) mass is 299 g/mol. The van der Waals surface area contributed by atoms with Crippen LogP contribution in [-0.2, 0) is 0 Å². The highest BCUT2D eigenvalue weighted by molar-refractivity contribution is 7.80. The van der Waals surface area contributed by atoms with Crippen molar-refractivity contribution in [3.63, 3.8) is 0 Å². The summed E-state index contributed by atoms with van der Waals surface area (Å²) in [6.45, 7) is 4.44. The molecule has 0 amide bonds. The molecular weight excluding hydrogens is 278 g/mol. The lowest BCUT2D eigenvalue weighted by Crippen LogP contribution is -2.33. The maximum absolute atomic E-state index is 5.42. The van der Waals surface area contributed by atoms with E-state index in [1.54, 1.807) is 12.4 Å². The Bertz CT molecular complexity index is 555. The number of nitrogens with one attached hydrogen (secondary N) is 2. The van der Waals surface area contributed by atoms with Crippen LogP contribution in [0.15, 0.2) is 54.9 Å². The Morgan fingerprint density at radius 2 is 1.76 bits per heavy atom. The Labute approximate surface area is 131 Å². The first-order valence-electron chi connectivity index (χ1n) is 7.17. The summed E-state index contributed by atoms with van der Waals surface area (Å²) in [4.78, 5) is 4.00. The molecule has 0 radical (unpaired) electrons. The van der Waals surface area contributed by atoms with Gasteiger partial charge >= 0.3 is 0 Å². The SMILES string of the molecule is CC(C)C[C@@H](NC(=S)Nc1ccncc1)c1ccccc1. The van der Waals surface area contributed by atoms with Crippen molar-refractivity contribution < 1.29 is 0 Å². The fourth-order valence-corrected chi connectivity index (χ4v) is 2.46. The first kappa shape index (κ1) is 15.4. The van der Waals surface area contributed by atoms with Crippen LogP contribution >= 0.6 is 12.2 Å². The van der Waals surface area contributed by atoms with Gasteiger partial charge in [0.05, 0.1) is 6.04 Å². The van der Waals surface area contributed by atoms with Crippen molar-refractivity contribution in [2.24, 2.45) is 5.92 Å². The van der Waals surface area contributed by atoms with Crippen molar-refractivity contribution in [1.29, 1.82) is 0 Å². The topological polar surface area (TPSA) is 37.0 Å². The lowest BCUT2D eigenvalue weighted by Gasteiger charge is -2.23. The number of nitrogens with zero attached hydrogens (tertiary/aromatic N) is 1. The minimum Gasteiger partial charge on any atom is -0.356 e. The minimum absolute atomic E-state index is 0.216. The maximum atomic E-state index is 5.42. The molecule has 0 bridgehead atoms. The second-order valence-corrected chi connectivity index (χ2v) is 5.84. The summed E-state index contributed by atoms with van der Waals surface area (Å²) in [5, 5.41) is 7.24. The van der Waals surface area contributed by atoms with Gasteiger partial charge in [-0.2, -0.15) is 0 Å². The molecule has 0 aliphatic heterocycles. The van der Waals surface area contributed by atoms with Gasteiger partial charge in [-0.15, -0.1) is 0 Å². The van der Waals surface area contributed by atoms with Crippen LogP contribution in [0.1, 0.15) is 31.9 Å². The molecule has 0 saturated carbocycles. The third-order valence-corrected chi connectivity index (χ3v) is 3.37. The number of hydrogen-bond acceptors (Lipinski definition) is 2. The molecule has 1 atom stereocenters. The third-order valence-electron chi connectivity index (χ3n) is 3.15. The molecule has 4 heteroatoms. The van der Waals surface area contributed by atoms with Crippen molar-refractivity contribution in [3.05, 3.63) is 60.4 Å². The summed E-state index contributed by atoms with van der Waals surface area (Å²) in [6.07, 6.45) is 4.52. The van der Waals surface area contributed by atoms with Crippen LogP contribution in [0.2, 0.25) is 0 Å². The Morgan fingerprint density at radius 1 is 1.10 bits per heavy atom. The van der Waals surface area contributed by atoms with E-state index in [-0.39, 0.29) is 6.04 Å². The molecule has 2 N–H and O–H groups in total. The molecule has 2 aromatic rings. The molecule has 0 unspecified atom stereocenters. The Kier molecular flexibility index (Phi) is 5.69. The summed E-state index contributed by atoms with van der Waals surface area (Å²) in [5.74, 6) is 0.589. The molecular formula is C17H21N3S. The van der Waals surface area contributed by atoms with Crippen LogP contribution in [0.25, 0.3) is 0 Å². The smallest absolute Gasteiger partial charge is 0.171 e. The highest BCUT2D eigenvalue weighted by Gasteiger charge is 2.14. The molecule has 2 rings (SSSR count). The fourth-order valence-electron chi connectivity index (χ4n) is 2.20. The van der Waals surface area contributed by atoms with Crippen LogP contribution < -0.4 is 10.6 Å². The number of thiocarbonyl (C=S) groups is 1. The first-order chi connectivity index (χ1) is 10.1. The van der Waals surface area contributed by atoms with Gasteiger partial charge in [0.2, 0.25) is 0 Å². The summed E-state index contributed by atoms with van der Waals surface area (Å²) >= 11 is 5.42. The second-order valence-electron chi connectivity index (χ2n) is 5.43. The molecule has 0 spiro atoms. The molecule has 0 aliphatic carbocycles. The maximum Gasteiger partial charge on any atom is 0.171 e. The lowest BCUT2D eigenvalue weighted by molar-refractivity contribution is 0.481. The standard InChI is InChI=1S/C17H21N3S/c1-13(2)12-16(14-6-4-3-5-7-14)20-17(21)19-15-8-10-18-11-9-15/h3-11,13,16H,12H2,1-2H3,(H2,18,19,20,21)/t16-/m1/s1. The van der Waals surface area contributed by atoms with Crippen molar-refractivity contribution in [3.8, 4) is 0 Å². The van der Waals surface area contributed by atoms with Gasteiger partial charge in [0, 0.05) is 18.1 Å². The van der Waals surface area contributed by atoms with Gasteiger partial charge in [-0.3, -0.25) is 4.98 Å². The highest BCUT2D eigenvalue weighted by Crippen LogP contribution is 2.21. The van der Waals surface area contributed by atoms with E-state index in [0.29, 0.717) is 11.0 Å². The number of pyridine rings is 1. The summed E-state index contributed by atoms with van der Waals surface area (Å²) in [5.41, 5.74) is 2.20. The van der Waals surface area contributed by atoms with Crippen LogP contribution in [0.5, 0.6) is 0 Å². The zero-order valence-electron chi connectivity index (χ0n) is 12.4. The number of rotatable bonds is 5. The van der Waals surface area contributed by atoms with E-state index in [1.165, 1.54) is 5.56 Å². The number of aromatic nitrogens is 1. The van der Waals surface area contributed by atoms with Crippen molar-refractivity contribution in [2.45, 2.75) is 26.3 Å². The third kappa shape index (κ3) is 5.16. The molecule has 21 heavy (non-hydrogen) atoms. The van der Waals surface area contributed by atoms with Crippen LogP contribution in [0.3, 0.4) is 0 Å². The van der Waals surface area contributed by atoms with E-state index in [0.717, 1.165) is 12.1 Å². The predicted molar refractivity (Wildman–Crippen MR) is 92.2 cm³/mol. The number of anilines is 1. The zero-order valence-corrected chi connectivity index (χ0v) is 13.2. The fraction of sp³-hybridized carbons (Fsp3) is 0.294. The molecule has 1 heterocycles. The molecule has 1 aromatic heterocycles. The van der Waals surface area contributed by atoms with E-state index in [4.69, 9.17) is 12.2 Å². The molecule has 0 aliphatic rings. The Balaban J connectivity index is 2.03. The molecule has 0 saturated heterocycles. The Hall–Kier alpha value is -1.94. The van der Waals surface area contributed by atoms with Gasteiger partial charge in [-0.25, -0.2) is 0 Å². The van der Waals surface area contributed by atoms with Crippen molar-refractivity contribution in [1.82, 2.24) is 10.3 Å². The summed E-state index contributed by atoms with van der Waals surface area (Å²) in [7, 11) is 0. The number of hydrogen-bond donors (Lipinski definition) is 2. The molecule has 1 aromatic carbocycles. The molecule has 3 nitrogen and oxygen atoms in total. The van der Waals surface area contributed by atoms with Gasteiger partial charge < -0.3 is 10.6 Å². The van der Waals surface area contributed by atoms with Crippen LogP contribution in [-0.4, -0.2) is 10.1 Å². The zero-order chi connectivity index (χ0) is 15.1. The van der Waals surface area contributed by atoms with E-state index < -0.39 is 0 Å². The Morgan fingerprint density at radius 3 is 2.38 bits per heavy atom. The first-order valence-corrected chi connectivity index (χ1v) is 7.58. The predicted octanol–water partition coefficient (Wildman–Crippen LogP) is 4.16. The van der Waals surface area contributed by atoms with E-state index >= 15 is 0 Å². The van der Waals surface area contributed by atoms with Crippen molar-refractivity contribution in [2.75, 3.05) is 5.32 Å². The van der Waals surface area contributed by atoms with Gasteiger partial charge in [0.25, 0.3) is 0 Å². The normalized spacial score (nSPS) is 12.0. The van der Waals surface area contributed by atoms with Gasteiger partial charge in [-0.1, -0.05) is 44.2 Å². The van der Waals surface area contributed by atoms with Crippen LogP contribution in [0, 0.1) is 5.92 Å². The molecule has 110 valence electrons. The van der Waals surface area contributed by atoms with Gasteiger partial charge in [-0.05, 0) is 42.3 Å². The van der Waals surface area contributed by atoms with Crippen LogP contribution in [0.4, 0.5) is 5.69 Å². The van der Waals surface area contributed by atoms with E-state index in [9.17, 15) is 0 Å². The second kappa shape index (κ2) is 7.74. The largest absolute Gasteiger partial charge is 0.356 e. The summed E-state index contributed by atoms with van der Waals surface area (Å²) < 4.78 is 0. The quantitative estimate of drug-likeness (QED) is 0.813. The van der Waals surface area contributed by atoms with Crippen molar-refractivity contribution >= 4 is 23.0 Å². The van der Waals surface area contributed by atoms with Gasteiger partial charge in [0.1, 0.15) is 0 Å².